The van der Waals surface area contributed by atoms with Crippen molar-refractivity contribution in [1.29, 1.82) is 0 Å². The second kappa shape index (κ2) is 7.89. The van der Waals surface area contributed by atoms with E-state index in [4.69, 9.17) is 0 Å². The predicted molar refractivity (Wildman–Crippen MR) is 109 cm³/mol. The van der Waals surface area contributed by atoms with Crippen LogP contribution in [0, 0.1) is 17.0 Å². The van der Waals surface area contributed by atoms with Crippen LogP contribution in [0.4, 0.5) is 11.4 Å². The van der Waals surface area contributed by atoms with E-state index in [-0.39, 0.29) is 17.8 Å². The Labute approximate surface area is 165 Å². The van der Waals surface area contributed by atoms with Crippen molar-refractivity contribution in [3.63, 3.8) is 0 Å². The van der Waals surface area contributed by atoms with Crippen LogP contribution in [0.5, 0.6) is 0 Å². The number of carbonyl (C=O) groups excluding carboxylic acids is 1. The number of nitro groups is 1. The average molecular weight is 400 g/mol. The van der Waals surface area contributed by atoms with Crippen molar-refractivity contribution in [2.75, 3.05) is 5.32 Å². The van der Waals surface area contributed by atoms with Gasteiger partial charge in [-0.3, -0.25) is 24.3 Å². The molecule has 9 heteroatoms. The van der Waals surface area contributed by atoms with Crippen molar-refractivity contribution in [1.82, 2.24) is 9.55 Å². The third-order valence-corrected chi connectivity index (χ3v) is 5.63. The van der Waals surface area contributed by atoms with Crippen molar-refractivity contribution in [2.45, 2.75) is 40.2 Å². The Kier molecular flexibility index (Phi) is 5.55. The number of fused-ring (bicyclic) bond motifs is 1. The van der Waals surface area contributed by atoms with Gasteiger partial charge in [0.2, 0.25) is 5.91 Å². The second-order valence-corrected chi connectivity index (χ2v) is 7.48. The molecule has 0 fully saturated rings. The predicted octanol–water partition coefficient (Wildman–Crippen LogP) is 3.44. The summed E-state index contributed by atoms with van der Waals surface area (Å²) in [5, 5.41) is 14.1. The number of nitro benzene ring substituents is 1. The Morgan fingerprint density at radius 3 is 2.68 bits per heavy atom. The third-order valence-electron chi connectivity index (χ3n) is 4.45. The number of hydrogen-bond acceptors (Lipinski definition) is 6. The number of nitrogens with one attached hydrogen (secondary N) is 1. The van der Waals surface area contributed by atoms with Crippen LogP contribution in [0.1, 0.15) is 30.1 Å². The first kappa shape index (κ1) is 19.7. The molecule has 28 heavy (non-hydrogen) atoms. The Bertz CT molecular complexity index is 1130. The van der Waals surface area contributed by atoms with Crippen molar-refractivity contribution >= 4 is 38.8 Å². The molecule has 1 aromatic carbocycles. The van der Waals surface area contributed by atoms with E-state index in [9.17, 15) is 19.7 Å². The summed E-state index contributed by atoms with van der Waals surface area (Å²) in [5.41, 5.74) is 0.689. The number of aromatic nitrogens is 2. The molecule has 0 radical (unpaired) electrons. The van der Waals surface area contributed by atoms with E-state index < -0.39 is 10.8 Å². The highest BCUT2D eigenvalue weighted by Crippen LogP contribution is 2.23. The molecule has 0 spiro atoms. The van der Waals surface area contributed by atoms with Crippen LogP contribution in [0.25, 0.3) is 10.2 Å². The Balaban J connectivity index is 1.93. The van der Waals surface area contributed by atoms with Gasteiger partial charge in [-0.15, -0.1) is 11.3 Å². The fourth-order valence-corrected chi connectivity index (χ4v) is 3.88. The standard InChI is InChI=1S/C19H20N4O4S/c1-4-13-9-14-18(28-13)21-16(5-2)22(19(14)25)10-17(24)20-15-8-12(23(26)27)7-6-11(15)3/h6-9H,4-5,10H2,1-3H3,(H,20,24). The van der Waals surface area contributed by atoms with E-state index in [2.05, 4.69) is 10.3 Å². The van der Waals surface area contributed by atoms with Crippen LogP contribution >= 0.6 is 11.3 Å². The fraction of sp³-hybridized carbons (Fsp3) is 0.316. The fourth-order valence-electron chi connectivity index (χ4n) is 2.91. The molecule has 146 valence electrons. The van der Waals surface area contributed by atoms with E-state index >= 15 is 0 Å². The van der Waals surface area contributed by atoms with Crippen LogP contribution in [-0.2, 0) is 24.2 Å². The molecule has 1 amide bonds. The molecule has 0 unspecified atom stereocenters. The van der Waals surface area contributed by atoms with Crippen LogP contribution in [0.15, 0.2) is 29.1 Å². The first-order chi connectivity index (χ1) is 13.3. The van der Waals surface area contributed by atoms with E-state index in [1.165, 1.54) is 28.0 Å². The van der Waals surface area contributed by atoms with Crippen molar-refractivity contribution in [2.24, 2.45) is 0 Å². The molecule has 0 aliphatic heterocycles. The topological polar surface area (TPSA) is 107 Å². The monoisotopic (exact) mass is 400 g/mol. The normalized spacial score (nSPS) is 11.0. The van der Waals surface area contributed by atoms with E-state index in [0.29, 0.717) is 33.7 Å². The minimum absolute atomic E-state index is 0.110. The van der Waals surface area contributed by atoms with Gasteiger partial charge >= 0.3 is 0 Å². The molecular weight excluding hydrogens is 380 g/mol. The second-order valence-electron chi connectivity index (χ2n) is 6.36. The first-order valence-corrected chi connectivity index (χ1v) is 9.72. The molecule has 0 aliphatic carbocycles. The molecule has 8 nitrogen and oxygen atoms in total. The first-order valence-electron chi connectivity index (χ1n) is 8.91. The lowest BCUT2D eigenvalue weighted by atomic mass is 10.2. The van der Waals surface area contributed by atoms with Crippen molar-refractivity contribution < 1.29 is 9.72 Å². The molecule has 1 N–H and O–H groups in total. The van der Waals surface area contributed by atoms with Crippen LogP contribution in [0.2, 0.25) is 0 Å². The summed E-state index contributed by atoms with van der Waals surface area (Å²) in [6.45, 7) is 5.43. The zero-order chi connectivity index (χ0) is 20.4. The maximum Gasteiger partial charge on any atom is 0.271 e. The number of anilines is 1. The van der Waals surface area contributed by atoms with Gasteiger partial charge in [-0.05, 0) is 25.0 Å². The maximum absolute atomic E-state index is 12.9. The number of non-ortho nitro benzene ring substituents is 1. The zero-order valence-electron chi connectivity index (χ0n) is 15.8. The van der Waals surface area contributed by atoms with Gasteiger partial charge < -0.3 is 5.32 Å². The van der Waals surface area contributed by atoms with E-state index in [1.807, 2.05) is 19.9 Å². The summed E-state index contributed by atoms with van der Waals surface area (Å²) in [4.78, 5) is 42.2. The van der Waals surface area contributed by atoms with Gasteiger partial charge in [0.15, 0.2) is 0 Å². The lowest BCUT2D eigenvalue weighted by Gasteiger charge is -2.12. The van der Waals surface area contributed by atoms with Gasteiger partial charge in [-0.25, -0.2) is 4.98 Å². The maximum atomic E-state index is 12.9. The lowest BCUT2D eigenvalue weighted by molar-refractivity contribution is -0.384. The number of benzene rings is 1. The number of nitrogens with zero attached hydrogens (tertiary/aromatic N) is 3. The van der Waals surface area contributed by atoms with Crippen LogP contribution < -0.4 is 10.9 Å². The highest BCUT2D eigenvalue weighted by Gasteiger charge is 2.16. The molecule has 2 heterocycles. The number of amides is 1. The van der Waals surface area contributed by atoms with Crippen LogP contribution in [0.3, 0.4) is 0 Å². The highest BCUT2D eigenvalue weighted by atomic mass is 32.1. The van der Waals surface area contributed by atoms with Gasteiger partial charge in [0, 0.05) is 23.4 Å². The lowest BCUT2D eigenvalue weighted by Crippen LogP contribution is -2.30. The molecule has 3 aromatic rings. The van der Waals surface area contributed by atoms with Gasteiger partial charge in [-0.2, -0.15) is 0 Å². The molecule has 3 rings (SSSR count). The van der Waals surface area contributed by atoms with Crippen molar-refractivity contribution in [3.05, 3.63) is 61.0 Å². The summed E-state index contributed by atoms with van der Waals surface area (Å²) in [6.07, 6.45) is 1.32. The Morgan fingerprint density at radius 1 is 1.29 bits per heavy atom. The molecular formula is C19H20N4O4S. The Morgan fingerprint density at radius 2 is 2.04 bits per heavy atom. The number of thiophene rings is 1. The van der Waals surface area contributed by atoms with E-state index in [1.54, 1.807) is 13.0 Å². The molecule has 0 saturated carbocycles. The van der Waals surface area contributed by atoms with Crippen molar-refractivity contribution in [3.8, 4) is 0 Å². The summed E-state index contributed by atoms with van der Waals surface area (Å²) >= 11 is 1.49. The number of hydrogen-bond donors (Lipinski definition) is 1. The largest absolute Gasteiger partial charge is 0.324 e. The smallest absolute Gasteiger partial charge is 0.271 e. The minimum atomic E-state index is -0.519. The molecule has 2 aromatic heterocycles. The third kappa shape index (κ3) is 3.79. The van der Waals surface area contributed by atoms with Gasteiger partial charge in [0.25, 0.3) is 11.2 Å². The summed E-state index contributed by atoms with van der Waals surface area (Å²) < 4.78 is 1.37. The molecule has 0 atom stereocenters. The van der Waals surface area contributed by atoms with Crippen LogP contribution in [-0.4, -0.2) is 20.4 Å². The SMILES string of the molecule is CCc1cc2c(=O)n(CC(=O)Nc3cc([N+](=O)[O-])ccc3C)c(CC)nc2s1. The molecule has 0 aliphatic rings. The zero-order valence-corrected chi connectivity index (χ0v) is 16.6. The average Bonchev–Trinajstić information content (AvgIpc) is 3.09. The molecule has 0 bridgehead atoms. The number of carbonyl (C=O) groups is 1. The summed E-state index contributed by atoms with van der Waals surface area (Å²) in [6, 6.07) is 6.09. The Hall–Kier alpha value is -3.07. The quantitative estimate of drug-likeness (QED) is 0.504. The van der Waals surface area contributed by atoms with Gasteiger partial charge in [0.05, 0.1) is 16.0 Å². The highest BCUT2D eigenvalue weighted by molar-refractivity contribution is 7.18. The van der Waals surface area contributed by atoms with Gasteiger partial charge in [-0.1, -0.05) is 19.9 Å². The minimum Gasteiger partial charge on any atom is -0.324 e. The van der Waals surface area contributed by atoms with Gasteiger partial charge in [0.1, 0.15) is 17.2 Å². The summed E-state index contributed by atoms with van der Waals surface area (Å²) in [7, 11) is 0. The molecule has 0 saturated heterocycles. The number of rotatable bonds is 6. The number of aryl methyl sites for hydroxylation is 3. The van der Waals surface area contributed by atoms with E-state index in [0.717, 1.165) is 11.3 Å². The summed E-state index contributed by atoms with van der Waals surface area (Å²) in [5.74, 6) is 0.0976.